The van der Waals surface area contributed by atoms with Gasteiger partial charge in [0.1, 0.15) is 0 Å². The molecule has 2 amide bonds. The summed E-state index contributed by atoms with van der Waals surface area (Å²) in [6, 6.07) is -0.0232. The summed E-state index contributed by atoms with van der Waals surface area (Å²) < 4.78 is 0. The Morgan fingerprint density at radius 2 is 1.86 bits per heavy atom. The van der Waals surface area contributed by atoms with Crippen LogP contribution in [0.15, 0.2) is 12.2 Å². The first-order chi connectivity index (χ1) is 10.2. The van der Waals surface area contributed by atoms with Gasteiger partial charge in [0.05, 0.1) is 6.54 Å². The number of aliphatic hydroxyl groups excluding tert-OH is 1. The van der Waals surface area contributed by atoms with Crippen molar-refractivity contribution in [3.63, 3.8) is 0 Å². The highest BCUT2D eigenvalue weighted by molar-refractivity contribution is 5.85. The lowest BCUT2D eigenvalue weighted by Crippen LogP contribution is -2.41. The fourth-order valence-corrected chi connectivity index (χ4v) is 3.18. The zero-order chi connectivity index (χ0) is 15.1. The summed E-state index contributed by atoms with van der Waals surface area (Å²) in [5.41, 5.74) is 0. The molecular weight excluding hydrogens is 268 g/mol. The van der Waals surface area contributed by atoms with Gasteiger partial charge in [0.2, 0.25) is 11.8 Å². The van der Waals surface area contributed by atoms with Crippen molar-refractivity contribution >= 4 is 11.8 Å². The maximum atomic E-state index is 11.8. The SMILES string of the molecule is O=C(CC1CCCCC1)NCC(=O)N[C@@H]1C=C[C@H](CO)C1. The molecule has 5 nitrogen and oxygen atoms in total. The van der Waals surface area contributed by atoms with Crippen LogP contribution < -0.4 is 10.6 Å². The van der Waals surface area contributed by atoms with E-state index < -0.39 is 0 Å². The second-order valence-electron chi connectivity index (χ2n) is 6.22. The third kappa shape index (κ3) is 5.50. The Morgan fingerprint density at radius 3 is 2.52 bits per heavy atom. The van der Waals surface area contributed by atoms with E-state index in [9.17, 15) is 9.59 Å². The van der Waals surface area contributed by atoms with Crippen LogP contribution in [-0.4, -0.2) is 36.1 Å². The number of aliphatic hydroxyl groups is 1. The van der Waals surface area contributed by atoms with Crippen molar-refractivity contribution in [1.82, 2.24) is 10.6 Å². The minimum Gasteiger partial charge on any atom is -0.396 e. The molecule has 0 radical (unpaired) electrons. The van der Waals surface area contributed by atoms with Gasteiger partial charge >= 0.3 is 0 Å². The first kappa shape index (κ1) is 16.0. The largest absolute Gasteiger partial charge is 0.396 e. The molecule has 5 heteroatoms. The maximum absolute atomic E-state index is 11.8. The Hall–Kier alpha value is -1.36. The molecule has 0 aliphatic heterocycles. The second-order valence-corrected chi connectivity index (χ2v) is 6.22. The van der Waals surface area contributed by atoms with Crippen molar-refractivity contribution in [3.8, 4) is 0 Å². The molecule has 0 aromatic carbocycles. The molecule has 0 saturated heterocycles. The molecule has 0 unspecified atom stereocenters. The number of nitrogens with one attached hydrogen (secondary N) is 2. The number of hydrogen-bond acceptors (Lipinski definition) is 3. The summed E-state index contributed by atoms with van der Waals surface area (Å²) in [4.78, 5) is 23.6. The second kappa shape index (κ2) is 8.17. The van der Waals surface area contributed by atoms with Crippen LogP contribution >= 0.6 is 0 Å². The highest BCUT2D eigenvalue weighted by atomic mass is 16.3. The highest BCUT2D eigenvalue weighted by Gasteiger charge is 2.20. The number of hydrogen-bond donors (Lipinski definition) is 3. The summed E-state index contributed by atoms with van der Waals surface area (Å²) in [6.07, 6.45) is 11.1. The number of rotatable bonds is 6. The first-order valence-corrected chi connectivity index (χ1v) is 8.02. The van der Waals surface area contributed by atoms with Gasteiger partial charge < -0.3 is 15.7 Å². The van der Waals surface area contributed by atoms with Crippen LogP contribution in [0.2, 0.25) is 0 Å². The lowest BCUT2D eigenvalue weighted by molar-refractivity contribution is -0.127. The maximum Gasteiger partial charge on any atom is 0.239 e. The molecule has 21 heavy (non-hydrogen) atoms. The van der Waals surface area contributed by atoms with Crippen LogP contribution in [0.4, 0.5) is 0 Å². The molecule has 0 aromatic heterocycles. The van der Waals surface area contributed by atoms with E-state index in [0.717, 1.165) is 19.3 Å². The Kier molecular flexibility index (Phi) is 6.23. The fourth-order valence-electron chi connectivity index (χ4n) is 3.18. The lowest BCUT2D eigenvalue weighted by atomic mass is 9.87. The topological polar surface area (TPSA) is 78.4 Å². The molecule has 3 N–H and O–H groups in total. The standard InChI is InChI=1S/C16H26N2O3/c19-11-13-6-7-14(8-13)18-16(21)10-17-15(20)9-12-4-2-1-3-5-12/h6-7,12-14,19H,1-5,8-11H2,(H,17,20)(H,18,21)/t13-,14+/m0/s1. The van der Waals surface area contributed by atoms with Gasteiger partial charge in [-0.15, -0.1) is 0 Å². The minimum atomic E-state index is -0.166. The molecular formula is C16H26N2O3. The van der Waals surface area contributed by atoms with Crippen molar-refractivity contribution in [1.29, 1.82) is 0 Å². The van der Waals surface area contributed by atoms with Crippen LogP contribution in [0.3, 0.4) is 0 Å². The van der Waals surface area contributed by atoms with Gasteiger partial charge in [-0.1, -0.05) is 31.4 Å². The summed E-state index contributed by atoms with van der Waals surface area (Å²) >= 11 is 0. The molecule has 2 aliphatic carbocycles. The van der Waals surface area contributed by atoms with Crippen LogP contribution in [0.25, 0.3) is 0 Å². The van der Waals surface area contributed by atoms with Gasteiger partial charge in [-0.05, 0) is 25.2 Å². The van der Waals surface area contributed by atoms with Crippen LogP contribution in [0.1, 0.15) is 44.9 Å². The van der Waals surface area contributed by atoms with E-state index in [2.05, 4.69) is 10.6 Å². The molecule has 1 fully saturated rings. The Labute approximate surface area is 126 Å². The van der Waals surface area contributed by atoms with Crippen molar-refractivity contribution in [2.24, 2.45) is 11.8 Å². The van der Waals surface area contributed by atoms with Crippen molar-refractivity contribution in [2.45, 2.75) is 51.0 Å². The van der Waals surface area contributed by atoms with Crippen LogP contribution in [0, 0.1) is 11.8 Å². The van der Waals surface area contributed by atoms with E-state index in [0.29, 0.717) is 12.3 Å². The van der Waals surface area contributed by atoms with E-state index in [1.807, 2.05) is 12.2 Å². The lowest BCUT2D eigenvalue weighted by Gasteiger charge is -2.20. The van der Waals surface area contributed by atoms with Gasteiger partial charge in [-0.25, -0.2) is 0 Å². The number of carbonyl (C=O) groups is 2. The van der Waals surface area contributed by atoms with Crippen LogP contribution in [-0.2, 0) is 9.59 Å². The summed E-state index contributed by atoms with van der Waals surface area (Å²) in [5.74, 6) is 0.438. The van der Waals surface area contributed by atoms with E-state index >= 15 is 0 Å². The monoisotopic (exact) mass is 294 g/mol. The molecule has 118 valence electrons. The molecule has 0 aromatic rings. The van der Waals surface area contributed by atoms with E-state index in [1.54, 1.807) is 0 Å². The quantitative estimate of drug-likeness (QED) is 0.643. The summed E-state index contributed by atoms with van der Waals surface area (Å²) in [7, 11) is 0. The van der Waals surface area contributed by atoms with Gasteiger partial charge in [-0.3, -0.25) is 9.59 Å². The van der Waals surface area contributed by atoms with E-state index in [-0.39, 0.29) is 36.9 Å². The molecule has 2 aliphatic rings. The number of carbonyl (C=O) groups excluding carboxylic acids is 2. The van der Waals surface area contributed by atoms with Crippen LogP contribution in [0.5, 0.6) is 0 Å². The predicted molar refractivity (Wildman–Crippen MR) is 80.5 cm³/mol. The zero-order valence-corrected chi connectivity index (χ0v) is 12.5. The summed E-state index contributed by atoms with van der Waals surface area (Å²) in [6.45, 7) is 0.153. The Balaban J connectivity index is 1.60. The first-order valence-electron chi connectivity index (χ1n) is 8.02. The van der Waals surface area contributed by atoms with Gasteiger partial charge in [-0.2, -0.15) is 0 Å². The molecule has 2 rings (SSSR count). The third-order valence-corrected chi connectivity index (χ3v) is 4.40. The predicted octanol–water partition coefficient (Wildman–Crippen LogP) is 1.13. The smallest absolute Gasteiger partial charge is 0.239 e. The molecule has 0 spiro atoms. The van der Waals surface area contributed by atoms with Gasteiger partial charge in [0, 0.05) is 25.0 Å². The third-order valence-electron chi connectivity index (χ3n) is 4.40. The van der Waals surface area contributed by atoms with E-state index in [4.69, 9.17) is 5.11 Å². The number of amides is 2. The van der Waals surface area contributed by atoms with Crippen molar-refractivity contribution < 1.29 is 14.7 Å². The average Bonchev–Trinajstić information content (AvgIpc) is 2.94. The normalized spacial score (nSPS) is 25.8. The molecule has 2 atom stereocenters. The van der Waals surface area contributed by atoms with Crippen molar-refractivity contribution in [3.05, 3.63) is 12.2 Å². The van der Waals surface area contributed by atoms with Crippen molar-refractivity contribution in [2.75, 3.05) is 13.2 Å². The minimum absolute atomic E-state index is 0.0211. The summed E-state index contributed by atoms with van der Waals surface area (Å²) in [5, 5.41) is 14.6. The Morgan fingerprint density at radius 1 is 1.10 bits per heavy atom. The molecule has 0 bridgehead atoms. The Bertz CT molecular complexity index is 389. The van der Waals surface area contributed by atoms with Gasteiger partial charge in [0.25, 0.3) is 0 Å². The zero-order valence-electron chi connectivity index (χ0n) is 12.5. The molecule has 1 saturated carbocycles. The average molecular weight is 294 g/mol. The fraction of sp³-hybridized carbons (Fsp3) is 0.750. The van der Waals surface area contributed by atoms with E-state index in [1.165, 1.54) is 19.3 Å². The molecule has 0 heterocycles. The van der Waals surface area contributed by atoms with Gasteiger partial charge in [0.15, 0.2) is 0 Å². The highest BCUT2D eigenvalue weighted by Crippen LogP contribution is 2.25.